The Balaban J connectivity index is 1.62. The zero-order valence-electron chi connectivity index (χ0n) is 9.17. The topological polar surface area (TPSA) is 24.5 Å². The molecule has 0 spiro atoms. The molecule has 2 fully saturated rings. The van der Waals surface area contributed by atoms with Crippen molar-refractivity contribution in [2.45, 2.75) is 38.3 Å². The molecule has 0 aromatic heterocycles. The third kappa shape index (κ3) is 2.94. The van der Waals surface area contributed by atoms with E-state index in [1.54, 1.807) is 0 Å². The van der Waals surface area contributed by atoms with Crippen LogP contribution in [0.1, 0.15) is 26.2 Å². The molecule has 1 atom stereocenters. The summed E-state index contributed by atoms with van der Waals surface area (Å²) in [6.07, 6.45) is 4.20. The van der Waals surface area contributed by atoms with Crippen molar-refractivity contribution >= 4 is 0 Å². The fraction of sp³-hybridized carbons (Fsp3) is 1.00. The van der Waals surface area contributed by atoms with Crippen LogP contribution in [0.2, 0.25) is 0 Å². The maximum absolute atomic E-state index is 5.15. The van der Waals surface area contributed by atoms with Crippen LogP contribution in [0.25, 0.3) is 0 Å². The molecule has 3 nitrogen and oxygen atoms in total. The molecule has 0 aromatic rings. The predicted molar refractivity (Wildman–Crippen MR) is 57.5 cm³/mol. The first-order valence-corrected chi connectivity index (χ1v) is 5.91. The van der Waals surface area contributed by atoms with Crippen LogP contribution >= 0.6 is 0 Å². The van der Waals surface area contributed by atoms with Gasteiger partial charge in [-0.25, -0.2) is 0 Å². The minimum Gasteiger partial charge on any atom is -0.378 e. The second-order valence-corrected chi connectivity index (χ2v) is 4.66. The molecule has 0 bridgehead atoms. The lowest BCUT2D eigenvalue weighted by molar-refractivity contribution is -0.0110. The van der Waals surface area contributed by atoms with Gasteiger partial charge in [-0.2, -0.15) is 0 Å². The third-order valence-corrected chi connectivity index (χ3v) is 3.14. The molecule has 2 heterocycles. The predicted octanol–water partition coefficient (Wildman–Crippen LogP) is 0.849. The summed E-state index contributed by atoms with van der Waals surface area (Å²) in [7, 11) is 0. The molecule has 3 heteroatoms. The molecule has 0 aromatic carbocycles. The van der Waals surface area contributed by atoms with Crippen LogP contribution in [-0.2, 0) is 4.74 Å². The lowest BCUT2D eigenvalue weighted by atomic mass is 10.1. The molecule has 2 aliphatic rings. The van der Waals surface area contributed by atoms with Gasteiger partial charge in [0, 0.05) is 12.6 Å². The first kappa shape index (κ1) is 10.4. The lowest BCUT2D eigenvalue weighted by Crippen LogP contribution is -2.52. The van der Waals surface area contributed by atoms with E-state index in [0.717, 1.165) is 13.2 Å². The van der Waals surface area contributed by atoms with Crippen molar-refractivity contribution in [3.8, 4) is 0 Å². The minimum atomic E-state index is 0.613. The monoisotopic (exact) mass is 198 g/mol. The summed E-state index contributed by atoms with van der Waals surface area (Å²) in [5.41, 5.74) is 0. The molecule has 82 valence electrons. The van der Waals surface area contributed by atoms with Gasteiger partial charge in [0.05, 0.1) is 19.3 Å². The number of piperidine rings is 1. The maximum atomic E-state index is 5.15. The summed E-state index contributed by atoms with van der Waals surface area (Å²) in [4.78, 5) is 2.58. The zero-order chi connectivity index (χ0) is 9.80. The van der Waals surface area contributed by atoms with E-state index in [0.29, 0.717) is 12.1 Å². The normalized spacial score (nSPS) is 27.2. The highest BCUT2D eigenvalue weighted by Gasteiger charge is 2.21. The van der Waals surface area contributed by atoms with Crippen molar-refractivity contribution in [2.24, 2.45) is 0 Å². The Morgan fingerprint density at radius 2 is 2.00 bits per heavy atom. The van der Waals surface area contributed by atoms with E-state index < -0.39 is 0 Å². The van der Waals surface area contributed by atoms with E-state index in [1.165, 1.54) is 38.9 Å². The van der Waals surface area contributed by atoms with Gasteiger partial charge in [-0.15, -0.1) is 0 Å². The minimum absolute atomic E-state index is 0.613. The van der Waals surface area contributed by atoms with Crippen molar-refractivity contribution < 1.29 is 4.74 Å². The number of nitrogens with one attached hydrogen (secondary N) is 1. The summed E-state index contributed by atoms with van der Waals surface area (Å²) < 4.78 is 5.15. The van der Waals surface area contributed by atoms with Crippen LogP contribution in [0.3, 0.4) is 0 Å². The van der Waals surface area contributed by atoms with Crippen LogP contribution in [0, 0.1) is 0 Å². The second kappa shape index (κ2) is 5.10. The Labute approximate surface area is 86.8 Å². The van der Waals surface area contributed by atoms with Crippen molar-refractivity contribution in [1.82, 2.24) is 10.2 Å². The van der Waals surface area contributed by atoms with Crippen LogP contribution < -0.4 is 5.32 Å². The quantitative estimate of drug-likeness (QED) is 0.725. The fourth-order valence-electron chi connectivity index (χ4n) is 2.32. The standard InChI is InChI=1S/C11H22N2O/c1-10(12-11-8-14-9-11)7-13-5-3-2-4-6-13/h10-12H,2-9H2,1H3. The molecular weight excluding hydrogens is 176 g/mol. The largest absolute Gasteiger partial charge is 0.378 e. The Kier molecular flexibility index (Phi) is 3.79. The van der Waals surface area contributed by atoms with Gasteiger partial charge in [-0.05, 0) is 32.9 Å². The molecule has 1 N–H and O–H groups in total. The highest BCUT2D eigenvalue weighted by Crippen LogP contribution is 2.09. The van der Waals surface area contributed by atoms with E-state index >= 15 is 0 Å². The number of nitrogens with zero attached hydrogens (tertiary/aromatic N) is 1. The van der Waals surface area contributed by atoms with Crippen molar-refractivity contribution in [1.29, 1.82) is 0 Å². The number of hydrogen-bond acceptors (Lipinski definition) is 3. The Bertz CT molecular complexity index is 165. The summed E-state index contributed by atoms with van der Waals surface area (Å²) in [6.45, 7) is 7.90. The third-order valence-electron chi connectivity index (χ3n) is 3.14. The highest BCUT2D eigenvalue weighted by atomic mass is 16.5. The SMILES string of the molecule is CC(CN1CCCCC1)NC1COC1. The maximum Gasteiger partial charge on any atom is 0.0643 e. The first-order chi connectivity index (χ1) is 6.84. The Morgan fingerprint density at radius 3 is 2.57 bits per heavy atom. The fourth-order valence-corrected chi connectivity index (χ4v) is 2.32. The number of hydrogen-bond donors (Lipinski definition) is 1. The molecular formula is C11H22N2O. The van der Waals surface area contributed by atoms with E-state index in [2.05, 4.69) is 17.1 Å². The van der Waals surface area contributed by atoms with Gasteiger partial charge in [0.15, 0.2) is 0 Å². The lowest BCUT2D eigenvalue weighted by Gasteiger charge is -2.34. The number of rotatable bonds is 4. The van der Waals surface area contributed by atoms with E-state index in [-0.39, 0.29) is 0 Å². The van der Waals surface area contributed by atoms with Gasteiger partial charge in [0.25, 0.3) is 0 Å². The summed E-state index contributed by atoms with van der Waals surface area (Å²) >= 11 is 0. The average Bonchev–Trinajstić information content (AvgIpc) is 2.13. The molecule has 0 radical (unpaired) electrons. The second-order valence-electron chi connectivity index (χ2n) is 4.66. The highest BCUT2D eigenvalue weighted by molar-refractivity contribution is 4.79. The van der Waals surface area contributed by atoms with Crippen LogP contribution in [-0.4, -0.2) is 49.8 Å². The van der Waals surface area contributed by atoms with Crippen LogP contribution in [0.15, 0.2) is 0 Å². The van der Waals surface area contributed by atoms with Crippen LogP contribution in [0.5, 0.6) is 0 Å². The number of ether oxygens (including phenoxy) is 1. The van der Waals surface area contributed by atoms with Gasteiger partial charge in [-0.1, -0.05) is 6.42 Å². The molecule has 0 saturated carbocycles. The summed E-state index contributed by atoms with van der Waals surface area (Å²) in [6, 6.07) is 1.23. The van der Waals surface area contributed by atoms with Gasteiger partial charge in [-0.3, -0.25) is 0 Å². The van der Waals surface area contributed by atoms with Crippen LogP contribution in [0.4, 0.5) is 0 Å². The number of likely N-dealkylation sites (tertiary alicyclic amines) is 1. The molecule has 2 aliphatic heterocycles. The zero-order valence-corrected chi connectivity index (χ0v) is 9.17. The Morgan fingerprint density at radius 1 is 1.29 bits per heavy atom. The summed E-state index contributed by atoms with van der Waals surface area (Å²) in [5, 5.41) is 3.60. The first-order valence-electron chi connectivity index (χ1n) is 5.91. The van der Waals surface area contributed by atoms with Gasteiger partial charge < -0.3 is 15.0 Å². The van der Waals surface area contributed by atoms with Crippen molar-refractivity contribution in [3.63, 3.8) is 0 Å². The average molecular weight is 198 g/mol. The van der Waals surface area contributed by atoms with E-state index in [1.807, 2.05) is 0 Å². The molecule has 2 rings (SSSR count). The molecule has 2 saturated heterocycles. The molecule has 1 unspecified atom stereocenters. The Hall–Kier alpha value is -0.120. The molecule has 0 aliphatic carbocycles. The summed E-state index contributed by atoms with van der Waals surface area (Å²) in [5.74, 6) is 0. The molecule has 14 heavy (non-hydrogen) atoms. The smallest absolute Gasteiger partial charge is 0.0643 e. The van der Waals surface area contributed by atoms with E-state index in [9.17, 15) is 0 Å². The van der Waals surface area contributed by atoms with E-state index in [4.69, 9.17) is 4.74 Å². The van der Waals surface area contributed by atoms with Crippen molar-refractivity contribution in [2.75, 3.05) is 32.8 Å². The van der Waals surface area contributed by atoms with Crippen molar-refractivity contribution in [3.05, 3.63) is 0 Å². The van der Waals surface area contributed by atoms with Gasteiger partial charge in [0.2, 0.25) is 0 Å². The van der Waals surface area contributed by atoms with Gasteiger partial charge >= 0.3 is 0 Å². The molecule has 0 amide bonds. The van der Waals surface area contributed by atoms with Gasteiger partial charge in [0.1, 0.15) is 0 Å².